The van der Waals surface area contributed by atoms with Gasteiger partial charge in [0.1, 0.15) is 5.75 Å². The van der Waals surface area contributed by atoms with E-state index in [9.17, 15) is 14.7 Å². The summed E-state index contributed by atoms with van der Waals surface area (Å²) in [4.78, 5) is 30.8. The van der Waals surface area contributed by atoms with Gasteiger partial charge in [0.2, 0.25) is 0 Å². The number of amides is 1. The van der Waals surface area contributed by atoms with E-state index in [4.69, 9.17) is 4.74 Å². The maximum absolute atomic E-state index is 12.2. The zero-order chi connectivity index (χ0) is 17.8. The van der Waals surface area contributed by atoms with Gasteiger partial charge >= 0.3 is 5.97 Å². The quantitative estimate of drug-likeness (QED) is 0.659. The van der Waals surface area contributed by atoms with Gasteiger partial charge in [-0.25, -0.2) is 0 Å². The Labute approximate surface area is 150 Å². The van der Waals surface area contributed by atoms with Gasteiger partial charge in [0.15, 0.2) is 5.17 Å². The number of ether oxygens (including phenoxy) is 1. The van der Waals surface area contributed by atoms with Crippen molar-refractivity contribution in [3.05, 3.63) is 34.7 Å². The Morgan fingerprint density at radius 2 is 2.36 bits per heavy atom. The number of carbonyl (C=O) groups is 2. The average molecular weight is 360 g/mol. The van der Waals surface area contributed by atoms with Crippen molar-refractivity contribution in [1.29, 1.82) is 0 Å². The molecule has 1 amide bonds. The molecule has 3 rings (SSSR count). The van der Waals surface area contributed by atoms with Crippen molar-refractivity contribution in [3.8, 4) is 5.75 Å². The molecule has 132 valence electrons. The highest BCUT2D eigenvalue weighted by atomic mass is 32.2. The van der Waals surface area contributed by atoms with E-state index in [1.165, 1.54) is 11.8 Å². The number of hydrogen-bond donors (Lipinski definition) is 1. The van der Waals surface area contributed by atoms with Gasteiger partial charge < -0.3 is 14.7 Å². The molecule has 0 unspecified atom stereocenters. The maximum atomic E-state index is 12.2. The molecule has 1 N–H and O–H groups in total. The summed E-state index contributed by atoms with van der Waals surface area (Å²) in [5, 5.41) is 10.2. The normalized spacial score (nSPS) is 22.2. The monoisotopic (exact) mass is 360 g/mol. The molecule has 1 aromatic carbocycles. The molecule has 1 saturated heterocycles. The number of aromatic hydroxyl groups is 1. The SMILES string of the molecule is CCOC(=O)[C@H]1CCCN(C2=NC(=O)/C(=C/c3cccc(O)c3)S2)C1. The third-order valence-corrected chi connectivity index (χ3v) is 5.13. The lowest BCUT2D eigenvalue weighted by Gasteiger charge is -2.32. The lowest BCUT2D eigenvalue weighted by Crippen LogP contribution is -2.41. The fourth-order valence-corrected chi connectivity index (χ4v) is 3.85. The van der Waals surface area contributed by atoms with Crippen LogP contribution in [0.1, 0.15) is 25.3 Å². The second-order valence-electron chi connectivity index (χ2n) is 5.94. The Kier molecular flexibility index (Phi) is 5.43. The van der Waals surface area contributed by atoms with E-state index >= 15 is 0 Å². The van der Waals surface area contributed by atoms with Crippen molar-refractivity contribution in [3.63, 3.8) is 0 Å². The van der Waals surface area contributed by atoms with Crippen LogP contribution in [0.3, 0.4) is 0 Å². The zero-order valence-corrected chi connectivity index (χ0v) is 14.8. The van der Waals surface area contributed by atoms with Crippen LogP contribution in [0.5, 0.6) is 5.75 Å². The summed E-state index contributed by atoms with van der Waals surface area (Å²) in [5.41, 5.74) is 0.746. The summed E-state index contributed by atoms with van der Waals surface area (Å²) >= 11 is 1.31. The predicted octanol–water partition coefficient (Wildman–Crippen LogP) is 2.64. The number of nitrogens with zero attached hydrogens (tertiary/aromatic N) is 2. The van der Waals surface area contributed by atoms with E-state index in [2.05, 4.69) is 4.99 Å². The largest absolute Gasteiger partial charge is 0.508 e. The number of carbonyl (C=O) groups excluding carboxylic acids is 2. The molecule has 6 nitrogen and oxygen atoms in total. The van der Waals surface area contributed by atoms with E-state index < -0.39 is 0 Å². The molecule has 2 heterocycles. The zero-order valence-electron chi connectivity index (χ0n) is 14.0. The highest BCUT2D eigenvalue weighted by Crippen LogP contribution is 2.32. The van der Waals surface area contributed by atoms with Gasteiger partial charge in [-0.15, -0.1) is 0 Å². The van der Waals surface area contributed by atoms with Crippen molar-refractivity contribution in [1.82, 2.24) is 4.90 Å². The van der Waals surface area contributed by atoms with Crippen LogP contribution in [0, 0.1) is 5.92 Å². The minimum absolute atomic E-state index is 0.152. The van der Waals surface area contributed by atoms with Crippen molar-refractivity contribution >= 4 is 34.9 Å². The Bertz CT molecular complexity index is 744. The van der Waals surface area contributed by atoms with E-state index in [0.717, 1.165) is 24.9 Å². The number of phenolic OH excluding ortho intramolecular Hbond substituents is 1. The van der Waals surface area contributed by atoms with E-state index in [-0.39, 0.29) is 23.5 Å². The van der Waals surface area contributed by atoms with E-state index in [1.807, 2.05) is 11.0 Å². The molecule has 7 heteroatoms. The average Bonchev–Trinajstić information content (AvgIpc) is 2.96. The first kappa shape index (κ1) is 17.5. The van der Waals surface area contributed by atoms with Crippen molar-refractivity contribution < 1.29 is 19.4 Å². The van der Waals surface area contributed by atoms with Crippen LogP contribution < -0.4 is 0 Å². The number of amidine groups is 1. The summed E-state index contributed by atoms with van der Waals surface area (Å²) in [6.45, 7) is 3.47. The lowest BCUT2D eigenvalue weighted by atomic mass is 9.99. The summed E-state index contributed by atoms with van der Waals surface area (Å²) in [6.07, 6.45) is 3.38. The lowest BCUT2D eigenvalue weighted by molar-refractivity contribution is -0.149. The van der Waals surface area contributed by atoms with Crippen LogP contribution in [0.15, 0.2) is 34.2 Å². The molecule has 0 aromatic heterocycles. The van der Waals surface area contributed by atoms with Crippen molar-refractivity contribution in [2.24, 2.45) is 10.9 Å². The van der Waals surface area contributed by atoms with Crippen LogP contribution in [0.4, 0.5) is 0 Å². The second kappa shape index (κ2) is 7.74. The molecule has 1 atom stereocenters. The van der Waals surface area contributed by atoms with Gasteiger partial charge in [-0.2, -0.15) is 4.99 Å². The summed E-state index contributed by atoms with van der Waals surface area (Å²) in [6, 6.07) is 6.71. The number of rotatable bonds is 3. The molecule has 1 fully saturated rings. The standard InChI is InChI=1S/C18H20N2O4S/c1-2-24-17(23)13-6-4-8-20(11-13)18-19-16(22)15(25-18)10-12-5-3-7-14(21)9-12/h3,5,7,9-10,13,21H,2,4,6,8,11H2,1H3/b15-10-/t13-/m0/s1. The molecule has 2 aliphatic rings. The Balaban J connectivity index is 1.69. The van der Waals surface area contributed by atoms with Gasteiger partial charge in [-0.05, 0) is 55.3 Å². The molecule has 1 aromatic rings. The Hall–Kier alpha value is -2.28. The van der Waals surface area contributed by atoms with Crippen LogP contribution in [0.2, 0.25) is 0 Å². The predicted molar refractivity (Wildman–Crippen MR) is 97.0 cm³/mol. The first-order valence-electron chi connectivity index (χ1n) is 8.30. The van der Waals surface area contributed by atoms with Crippen LogP contribution >= 0.6 is 11.8 Å². The van der Waals surface area contributed by atoms with Gasteiger partial charge in [-0.3, -0.25) is 9.59 Å². The number of benzene rings is 1. The first-order chi connectivity index (χ1) is 12.1. The molecular formula is C18H20N2O4S. The number of thioether (sulfide) groups is 1. The van der Waals surface area contributed by atoms with Gasteiger partial charge in [0.25, 0.3) is 5.91 Å². The van der Waals surface area contributed by atoms with Crippen LogP contribution in [0.25, 0.3) is 6.08 Å². The van der Waals surface area contributed by atoms with Crippen molar-refractivity contribution in [2.45, 2.75) is 19.8 Å². The molecular weight excluding hydrogens is 340 g/mol. The maximum Gasteiger partial charge on any atom is 0.310 e. The highest BCUT2D eigenvalue weighted by molar-refractivity contribution is 8.18. The first-order valence-corrected chi connectivity index (χ1v) is 9.11. The molecule has 0 radical (unpaired) electrons. The summed E-state index contributed by atoms with van der Waals surface area (Å²) in [5.74, 6) is -0.496. The van der Waals surface area contributed by atoms with Gasteiger partial charge in [-0.1, -0.05) is 12.1 Å². The molecule has 25 heavy (non-hydrogen) atoms. The minimum atomic E-state index is -0.290. The Morgan fingerprint density at radius 1 is 1.52 bits per heavy atom. The van der Waals surface area contributed by atoms with Gasteiger partial charge in [0.05, 0.1) is 17.4 Å². The minimum Gasteiger partial charge on any atom is -0.508 e. The number of likely N-dealkylation sites (tertiary alicyclic amines) is 1. The number of hydrogen-bond acceptors (Lipinski definition) is 6. The third kappa shape index (κ3) is 4.22. The molecule has 0 spiro atoms. The van der Waals surface area contributed by atoms with Crippen LogP contribution in [-0.4, -0.2) is 46.7 Å². The van der Waals surface area contributed by atoms with Gasteiger partial charge in [0, 0.05) is 13.1 Å². The smallest absolute Gasteiger partial charge is 0.310 e. The number of piperidine rings is 1. The fraction of sp³-hybridized carbons (Fsp3) is 0.389. The summed E-state index contributed by atoms with van der Waals surface area (Å²) in [7, 11) is 0. The van der Waals surface area contributed by atoms with Crippen molar-refractivity contribution in [2.75, 3.05) is 19.7 Å². The number of esters is 1. The van der Waals surface area contributed by atoms with Crippen LogP contribution in [-0.2, 0) is 14.3 Å². The highest BCUT2D eigenvalue weighted by Gasteiger charge is 2.32. The third-order valence-electron chi connectivity index (χ3n) is 4.09. The summed E-state index contributed by atoms with van der Waals surface area (Å²) < 4.78 is 5.11. The molecule has 0 bridgehead atoms. The Morgan fingerprint density at radius 3 is 3.12 bits per heavy atom. The molecule has 2 aliphatic heterocycles. The topological polar surface area (TPSA) is 79.2 Å². The number of aliphatic imine (C=N–C) groups is 1. The second-order valence-corrected chi connectivity index (χ2v) is 6.95. The molecule has 0 saturated carbocycles. The van der Waals surface area contributed by atoms with E-state index in [0.29, 0.717) is 23.2 Å². The van der Waals surface area contributed by atoms with E-state index in [1.54, 1.807) is 31.2 Å². The molecule has 0 aliphatic carbocycles. The number of phenols is 1. The fourth-order valence-electron chi connectivity index (χ4n) is 2.90.